The lowest BCUT2D eigenvalue weighted by molar-refractivity contribution is -0.133. The molecule has 194 valence electrons. The number of carbonyl (C=O) groups is 2. The van der Waals surface area contributed by atoms with E-state index in [1.54, 1.807) is 4.90 Å². The zero-order valence-corrected chi connectivity index (χ0v) is 21.1. The van der Waals surface area contributed by atoms with E-state index in [0.29, 0.717) is 44.4 Å². The second-order valence-electron chi connectivity index (χ2n) is 10.3. The van der Waals surface area contributed by atoms with Gasteiger partial charge in [-0.2, -0.15) is 5.26 Å². The summed E-state index contributed by atoms with van der Waals surface area (Å²) >= 11 is 0. The maximum Gasteiger partial charge on any atom is 0.407 e. The fourth-order valence-electron chi connectivity index (χ4n) is 5.70. The quantitative estimate of drug-likeness (QED) is 0.642. The summed E-state index contributed by atoms with van der Waals surface area (Å²) in [7, 11) is 0. The van der Waals surface area contributed by atoms with Gasteiger partial charge in [0, 0.05) is 44.0 Å². The van der Waals surface area contributed by atoms with E-state index in [1.807, 2.05) is 25.3 Å². The Morgan fingerprint density at radius 3 is 2.62 bits per heavy atom. The third kappa shape index (κ3) is 5.39. The first-order chi connectivity index (χ1) is 17.9. The van der Waals surface area contributed by atoms with E-state index in [9.17, 15) is 14.9 Å². The van der Waals surface area contributed by atoms with Gasteiger partial charge in [-0.3, -0.25) is 4.79 Å². The summed E-state index contributed by atoms with van der Waals surface area (Å²) in [4.78, 5) is 31.8. The molecule has 2 fully saturated rings. The van der Waals surface area contributed by atoms with Crippen molar-refractivity contribution in [2.75, 3.05) is 19.6 Å². The molecule has 2 N–H and O–H groups in total. The Hall–Kier alpha value is -3.64. The van der Waals surface area contributed by atoms with Crippen molar-refractivity contribution < 1.29 is 19.4 Å². The highest BCUT2D eigenvalue weighted by Gasteiger charge is 2.34. The molecule has 3 aliphatic rings. The van der Waals surface area contributed by atoms with Crippen LogP contribution < -0.4 is 10.1 Å². The Morgan fingerprint density at radius 1 is 1.14 bits per heavy atom. The first kappa shape index (κ1) is 25.0. The molecule has 0 radical (unpaired) electrons. The van der Waals surface area contributed by atoms with Gasteiger partial charge in [-0.1, -0.05) is 12.1 Å². The third-order valence-electron chi connectivity index (χ3n) is 8.00. The molecule has 0 saturated carbocycles. The first-order valence-electron chi connectivity index (χ1n) is 13.1. The minimum absolute atomic E-state index is 0.0280. The monoisotopic (exact) mass is 503 g/mol. The number of pyridine rings is 1. The number of benzene rings is 1. The number of nitriles is 1. The molecule has 3 atom stereocenters. The van der Waals surface area contributed by atoms with Gasteiger partial charge in [0.15, 0.2) is 0 Å². The summed E-state index contributed by atoms with van der Waals surface area (Å²) in [6.07, 6.45) is 4.77. The summed E-state index contributed by atoms with van der Waals surface area (Å²) in [6.45, 7) is 4.38. The van der Waals surface area contributed by atoms with Gasteiger partial charge in [0.1, 0.15) is 12.1 Å². The number of hydrogen-bond donors (Lipinski definition) is 2. The van der Waals surface area contributed by atoms with Gasteiger partial charge in [0.25, 0.3) is 0 Å². The minimum atomic E-state index is -0.855. The smallest absolute Gasteiger partial charge is 0.407 e. The van der Waals surface area contributed by atoms with Crippen LogP contribution in [0.5, 0.6) is 5.88 Å². The molecule has 2 amide bonds. The maximum absolute atomic E-state index is 13.0. The lowest BCUT2D eigenvalue weighted by Gasteiger charge is -2.33. The second-order valence-corrected chi connectivity index (χ2v) is 10.3. The summed E-state index contributed by atoms with van der Waals surface area (Å²) in [6, 6.07) is 11.9. The molecular weight excluding hydrogens is 470 g/mol. The average Bonchev–Trinajstić information content (AvgIpc) is 3.41. The summed E-state index contributed by atoms with van der Waals surface area (Å²) in [5.74, 6) is 0.896. The molecule has 5 rings (SSSR count). The number of carbonyl (C=O) groups excluding carboxylic acids is 1. The van der Waals surface area contributed by atoms with Crippen molar-refractivity contribution in [3.63, 3.8) is 0 Å². The highest BCUT2D eigenvalue weighted by atomic mass is 16.5. The number of likely N-dealkylation sites (tertiary alicyclic amines) is 2. The molecule has 0 bridgehead atoms. The lowest BCUT2D eigenvalue weighted by Crippen LogP contribution is -2.50. The number of amides is 2. The molecule has 2 saturated heterocycles. The van der Waals surface area contributed by atoms with E-state index in [4.69, 9.17) is 9.84 Å². The zero-order valence-electron chi connectivity index (χ0n) is 21.1. The van der Waals surface area contributed by atoms with Crippen molar-refractivity contribution in [3.8, 4) is 23.1 Å². The third-order valence-corrected chi connectivity index (χ3v) is 8.00. The van der Waals surface area contributed by atoms with Crippen molar-refractivity contribution >= 4 is 12.0 Å². The first-order valence-corrected chi connectivity index (χ1v) is 13.1. The van der Waals surface area contributed by atoms with Crippen LogP contribution in [0.4, 0.5) is 4.79 Å². The number of hydrogen-bond acceptors (Lipinski definition) is 6. The van der Waals surface area contributed by atoms with E-state index < -0.39 is 6.09 Å². The van der Waals surface area contributed by atoms with Crippen LogP contribution in [0.15, 0.2) is 36.5 Å². The Labute approximate surface area is 217 Å². The minimum Gasteiger partial charge on any atom is -0.474 e. The van der Waals surface area contributed by atoms with Crippen LogP contribution in [0.3, 0.4) is 0 Å². The molecular formula is C28H33N5O4. The van der Waals surface area contributed by atoms with Crippen molar-refractivity contribution in [3.05, 3.63) is 47.7 Å². The molecule has 0 spiro atoms. The largest absolute Gasteiger partial charge is 0.474 e. The van der Waals surface area contributed by atoms with Gasteiger partial charge in [-0.05, 0) is 73.8 Å². The van der Waals surface area contributed by atoms with Crippen LogP contribution in [0.25, 0.3) is 11.1 Å². The highest BCUT2D eigenvalue weighted by Crippen LogP contribution is 2.29. The molecule has 3 aliphatic heterocycles. The maximum atomic E-state index is 13.0. The molecule has 1 aromatic carbocycles. The SMILES string of the molecule is C[C@H](Oc1ccc(-c2ccc3c(c2)CN[C@H](C(=O)N2CCC[C@H]2C#N)C3)cn1)C1CCN(C(=O)O)CC1. The molecule has 0 aliphatic carbocycles. The van der Waals surface area contributed by atoms with Crippen LogP contribution >= 0.6 is 0 Å². The molecule has 2 aromatic rings. The van der Waals surface area contributed by atoms with Gasteiger partial charge < -0.3 is 25.0 Å². The van der Waals surface area contributed by atoms with Gasteiger partial charge in [0.05, 0.1) is 12.1 Å². The fraction of sp³-hybridized carbons (Fsp3) is 0.500. The van der Waals surface area contributed by atoms with Crippen LogP contribution in [0.2, 0.25) is 0 Å². The van der Waals surface area contributed by atoms with Crippen molar-refractivity contribution in [1.82, 2.24) is 20.1 Å². The molecule has 9 heteroatoms. The van der Waals surface area contributed by atoms with Crippen molar-refractivity contribution in [1.29, 1.82) is 5.26 Å². The summed E-state index contributed by atoms with van der Waals surface area (Å²) in [5, 5.41) is 21.8. The lowest BCUT2D eigenvalue weighted by atomic mass is 9.92. The summed E-state index contributed by atoms with van der Waals surface area (Å²) < 4.78 is 6.08. The average molecular weight is 504 g/mol. The van der Waals surface area contributed by atoms with E-state index >= 15 is 0 Å². The number of aromatic nitrogens is 1. The molecule has 1 aromatic heterocycles. The van der Waals surface area contributed by atoms with Crippen molar-refractivity contribution in [2.24, 2.45) is 5.92 Å². The number of nitrogens with zero attached hydrogens (tertiary/aromatic N) is 4. The topological polar surface area (TPSA) is 119 Å². The number of fused-ring (bicyclic) bond motifs is 1. The van der Waals surface area contributed by atoms with Crippen molar-refractivity contribution in [2.45, 2.75) is 63.8 Å². The van der Waals surface area contributed by atoms with Crippen LogP contribution in [-0.4, -0.2) is 69.7 Å². The van der Waals surface area contributed by atoms with Gasteiger partial charge in [-0.25, -0.2) is 9.78 Å². The normalized spacial score (nSPS) is 22.7. The Balaban J connectivity index is 1.19. The number of ether oxygens (including phenoxy) is 1. The van der Waals surface area contributed by atoms with E-state index in [-0.39, 0.29) is 24.1 Å². The predicted molar refractivity (Wildman–Crippen MR) is 137 cm³/mol. The van der Waals surface area contributed by atoms with Crippen LogP contribution in [0, 0.1) is 17.2 Å². The Bertz CT molecular complexity index is 1190. The number of rotatable bonds is 5. The van der Waals surface area contributed by atoms with E-state index in [1.165, 1.54) is 10.5 Å². The van der Waals surface area contributed by atoms with E-state index in [2.05, 4.69) is 34.6 Å². The Kier molecular flexibility index (Phi) is 7.28. The molecule has 0 unspecified atom stereocenters. The van der Waals surface area contributed by atoms with Gasteiger partial charge in [0.2, 0.25) is 11.8 Å². The van der Waals surface area contributed by atoms with Gasteiger partial charge in [-0.15, -0.1) is 0 Å². The van der Waals surface area contributed by atoms with E-state index in [0.717, 1.165) is 42.4 Å². The number of carboxylic acid groups (broad SMARTS) is 1. The predicted octanol–water partition coefficient (Wildman–Crippen LogP) is 3.43. The van der Waals surface area contributed by atoms with Crippen LogP contribution in [0.1, 0.15) is 43.7 Å². The molecule has 4 heterocycles. The number of nitrogens with one attached hydrogen (secondary N) is 1. The Morgan fingerprint density at radius 2 is 1.92 bits per heavy atom. The standard InChI is InChI=1S/C28H33N5O4/c1-18(19-8-11-32(12-9-19)28(35)36)37-26-7-6-22(16-31-26)20-4-5-21-14-25(30-17-23(21)13-20)27(34)33-10-2-3-24(33)15-29/h4-7,13,16,18-19,24-25,30H,2-3,8-12,14,17H2,1H3,(H,35,36)/t18-,24-,25-/m0/s1. The highest BCUT2D eigenvalue weighted by molar-refractivity contribution is 5.83. The second kappa shape index (κ2) is 10.8. The fourth-order valence-corrected chi connectivity index (χ4v) is 5.70. The van der Waals surface area contributed by atoms with Crippen LogP contribution in [-0.2, 0) is 17.8 Å². The molecule has 37 heavy (non-hydrogen) atoms. The summed E-state index contributed by atoms with van der Waals surface area (Å²) in [5.41, 5.74) is 4.37. The van der Waals surface area contributed by atoms with Gasteiger partial charge >= 0.3 is 6.09 Å². The molecule has 9 nitrogen and oxygen atoms in total. The zero-order chi connectivity index (χ0) is 25.9. The number of piperidine rings is 1.